The molecule has 28 heavy (non-hydrogen) atoms. The van der Waals surface area contributed by atoms with Gasteiger partial charge in [0, 0.05) is 18.1 Å². The summed E-state index contributed by atoms with van der Waals surface area (Å²) in [6.07, 6.45) is 1.34. The molecule has 0 N–H and O–H groups in total. The molecule has 0 amide bonds. The minimum atomic E-state index is -0.588. The van der Waals surface area contributed by atoms with Crippen molar-refractivity contribution in [3.05, 3.63) is 70.0 Å². The van der Waals surface area contributed by atoms with Crippen LogP contribution in [0.3, 0.4) is 0 Å². The third-order valence-electron chi connectivity index (χ3n) is 3.94. The molecule has 0 unspecified atom stereocenters. The zero-order valence-electron chi connectivity index (χ0n) is 14.7. The highest BCUT2D eigenvalue weighted by Crippen LogP contribution is 2.40. The molecule has 0 aliphatic carbocycles. The van der Waals surface area contributed by atoms with Crippen molar-refractivity contribution in [2.45, 2.75) is 6.61 Å². The maximum absolute atomic E-state index is 11.3. The zero-order valence-corrected chi connectivity index (χ0v) is 15.5. The normalized spacial score (nSPS) is 10.9. The lowest BCUT2D eigenvalue weighted by Crippen LogP contribution is -2.01. The number of aromatic nitrogens is 3. The van der Waals surface area contributed by atoms with Gasteiger partial charge in [-0.05, 0) is 27.6 Å². The third kappa shape index (κ3) is 3.40. The average molecular weight is 394 g/mol. The van der Waals surface area contributed by atoms with Crippen LogP contribution in [0, 0.1) is 10.1 Å². The summed E-state index contributed by atoms with van der Waals surface area (Å²) in [5.41, 5.74) is 1.87. The minimum absolute atomic E-state index is 0.0149. The highest BCUT2D eigenvalue weighted by molar-refractivity contribution is 7.17. The summed E-state index contributed by atoms with van der Waals surface area (Å²) in [5, 5.41) is 14.0. The molecule has 4 aromatic rings. The smallest absolute Gasteiger partial charge is 0.406 e. The van der Waals surface area contributed by atoms with E-state index >= 15 is 0 Å². The number of hydrogen-bond acceptors (Lipinski definition) is 8. The van der Waals surface area contributed by atoms with E-state index in [1.807, 2.05) is 35.7 Å². The van der Waals surface area contributed by atoms with Crippen LogP contribution in [-0.2, 0) is 11.3 Å². The van der Waals surface area contributed by atoms with E-state index in [9.17, 15) is 10.1 Å². The number of nitro groups is 1. The van der Waals surface area contributed by atoms with Crippen LogP contribution in [0.2, 0.25) is 0 Å². The van der Waals surface area contributed by atoms with Gasteiger partial charge in [0.1, 0.15) is 17.6 Å². The van der Waals surface area contributed by atoms with Gasteiger partial charge in [0.25, 0.3) is 0 Å². The van der Waals surface area contributed by atoms with Gasteiger partial charge in [0.05, 0.1) is 5.39 Å². The van der Waals surface area contributed by atoms with Gasteiger partial charge in [-0.2, -0.15) is 4.98 Å². The van der Waals surface area contributed by atoms with Crippen molar-refractivity contribution in [3.63, 3.8) is 0 Å². The Labute approximate surface area is 163 Å². The summed E-state index contributed by atoms with van der Waals surface area (Å²) in [6.45, 7) is 0.194. The van der Waals surface area contributed by atoms with Crippen LogP contribution in [0.15, 0.2) is 54.0 Å². The van der Waals surface area contributed by atoms with E-state index in [0.29, 0.717) is 16.0 Å². The zero-order chi connectivity index (χ0) is 19.5. The van der Waals surface area contributed by atoms with Crippen molar-refractivity contribution < 1.29 is 14.4 Å². The lowest BCUT2D eigenvalue weighted by atomic mass is 10.1. The van der Waals surface area contributed by atoms with E-state index in [2.05, 4.69) is 15.0 Å². The first-order valence-electron chi connectivity index (χ1n) is 8.27. The van der Waals surface area contributed by atoms with Crippen molar-refractivity contribution in [3.8, 4) is 22.8 Å². The monoisotopic (exact) mass is 394 g/mol. The molecule has 0 aliphatic heterocycles. The fourth-order valence-electron chi connectivity index (χ4n) is 2.75. The maximum Gasteiger partial charge on any atom is 0.406 e. The van der Waals surface area contributed by atoms with E-state index in [1.165, 1.54) is 23.6 Å². The van der Waals surface area contributed by atoms with Crippen LogP contribution in [0.1, 0.15) is 5.82 Å². The summed E-state index contributed by atoms with van der Waals surface area (Å²) < 4.78 is 11.0. The van der Waals surface area contributed by atoms with Gasteiger partial charge in [0.2, 0.25) is 11.6 Å². The number of fused-ring (bicyclic) bond motifs is 1. The molecule has 0 aliphatic rings. The highest BCUT2D eigenvalue weighted by Gasteiger charge is 2.21. The van der Waals surface area contributed by atoms with Crippen molar-refractivity contribution in [1.29, 1.82) is 0 Å². The summed E-state index contributed by atoms with van der Waals surface area (Å²) in [6, 6.07) is 12.8. The second-order valence-electron chi connectivity index (χ2n) is 5.76. The standard InChI is InChI=1S/C19H14N4O4S/c1-26-10-15-21-18(27-14-8-5-9-20-17(14)23(24)25)16-13(11-28-19(16)22-15)12-6-3-2-4-7-12/h2-9,11H,10H2,1H3. The molecule has 0 atom stereocenters. The first kappa shape index (κ1) is 18.0. The van der Waals surface area contributed by atoms with Crippen LogP contribution >= 0.6 is 11.3 Å². The quantitative estimate of drug-likeness (QED) is 0.348. The van der Waals surface area contributed by atoms with E-state index in [-0.39, 0.29) is 24.1 Å². The molecule has 4 rings (SSSR count). The number of hydrogen-bond donors (Lipinski definition) is 0. The van der Waals surface area contributed by atoms with Gasteiger partial charge >= 0.3 is 5.82 Å². The number of ether oxygens (including phenoxy) is 2. The van der Waals surface area contributed by atoms with Crippen LogP contribution in [0.5, 0.6) is 11.6 Å². The third-order valence-corrected chi connectivity index (χ3v) is 4.81. The molecule has 0 spiro atoms. The predicted octanol–water partition coefficient (Wildman–Crippen LogP) is 4.60. The topological polar surface area (TPSA) is 100 Å². The fraction of sp³-hybridized carbons (Fsp3) is 0.105. The van der Waals surface area contributed by atoms with Crippen LogP contribution in [0.4, 0.5) is 5.82 Å². The molecule has 8 nitrogen and oxygen atoms in total. The lowest BCUT2D eigenvalue weighted by Gasteiger charge is -2.09. The van der Waals surface area contributed by atoms with E-state index in [1.54, 1.807) is 13.2 Å². The molecule has 1 aromatic carbocycles. The van der Waals surface area contributed by atoms with Crippen LogP contribution in [0.25, 0.3) is 21.3 Å². The molecule has 0 saturated heterocycles. The number of benzene rings is 1. The second kappa shape index (κ2) is 7.67. The highest BCUT2D eigenvalue weighted by atomic mass is 32.1. The molecular formula is C19H14N4O4S. The van der Waals surface area contributed by atoms with Gasteiger partial charge in [0.15, 0.2) is 5.82 Å². The molecule has 0 saturated carbocycles. The summed E-state index contributed by atoms with van der Waals surface area (Å²) in [7, 11) is 1.55. The predicted molar refractivity (Wildman–Crippen MR) is 105 cm³/mol. The van der Waals surface area contributed by atoms with Crippen molar-refractivity contribution >= 4 is 27.4 Å². The molecule has 0 bridgehead atoms. The van der Waals surface area contributed by atoms with Gasteiger partial charge in [-0.3, -0.25) is 0 Å². The van der Waals surface area contributed by atoms with Gasteiger partial charge in [-0.1, -0.05) is 30.3 Å². The number of pyridine rings is 1. The summed E-state index contributed by atoms with van der Waals surface area (Å²) >= 11 is 1.45. The van der Waals surface area contributed by atoms with Crippen LogP contribution < -0.4 is 4.74 Å². The SMILES string of the molecule is COCc1nc(Oc2cccnc2[N+](=O)[O-])c2c(-c3ccccc3)csc2n1. The molecule has 3 heterocycles. The number of nitrogens with zero attached hydrogens (tertiary/aromatic N) is 4. The lowest BCUT2D eigenvalue weighted by molar-refractivity contribution is -0.390. The Morgan fingerprint density at radius 3 is 2.71 bits per heavy atom. The minimum Gasteiger partial charge on any atom is -0.429 e. The van der Waals surface area contributed by atoms with Crippen molar-refractivity contribution in [2.75, 3.05) is 7.11 Å². The fourth-order valence-corrected chi connectivity index (χ4v) is 3.71. The van der Waals surface area contributed by atoms with Gasteiger partial charge in [-0.25, -0.2) is 4.98 Å². The Morgan fingerprint density at radius 1 is 1.14 bits per heavy atom. The Bertz CT molecular complexity index is 1150. The number of methoxy groups -OCH3 is 1. The molecule has 0 radical (unpaired) electrons. The Kier molecular flexibility index (Phi) is 4.92. The first-order valence-corrected chi connectivity index (χ1v) is 9.15. The van der Waals surface area contributed by atoms with E-state index < -0.39 is 4.92 Å². The first-order chi connectivity index (χ1) is 13.7. The average Bonchev–Trinajstić information content (AvgIpc) is 3.13. The van der Waals surface area contributed by atoms with Crippen LogP contribution in [-0.4, -0.2) is 27.0 Å². The molecule has 0 fully saturated rings. The molecular weight excluding hydrogens is 380 g/mol. The molecule has 140 valence electrons. The van der Waals surface area contributed by atoms with Crippen molar-refractivity contribution in [2.24, 2.45) is 0 Å². The molecule has 3 aromatic heterocycles. The Morgan fingerprint density at radius 2 is 1.96 bits per heavy atom. The van der Waals surface area contributed by atoms with Crippen molar-refractivity contribution in [1.82, 2.24) is 15.0 Å². The van der Waals surface area contributed by atoms with E-state index in [0.717, 1.165) is 11.1 Å². The number of rotatable bonds is 6. The van der Waals surface area contributed by atoms with Gasteiger partial charge in [-0.15, -0.1) is 11.3 Å². The van der Waals surface area contributed by atoms with Gasteiger partial charge < -0.3 is 19.6 Å². The van der Waals surface area contributed by atoms with E-state index in [4.69, 9.17) is 9.47 Å². The Hall–Kier alpha value is -3.43. The summed E-state index contributed by atoms with van der Waals surface area (Å²) in [5.74, 6) is 0.298. The number of thiophene rings is 1. The molecule has 9 heteroatoms. The largest absolute Gasteiger partial charge is 0.429 e. The summed E-state index contributed by atoms with van der Waals surface area (Å²) in [4.78, 5) is 24.2. The maximum atomic E-state index is 11.3. The Balaban J connectivity index is 1.90. The second-order valence-corrected chi connectivity index (χ2v) is 6.62.